The van der Waals surface area contributed by atoms with E-state index in [1.54, 1.807) is 6.07 Å². The number of hydrogen-bond acceptors (Lipinski definition) is 4. The van der Waals surface area contributed by atoms with Crippen molar-refractivity contribution in [2.24, 2.45) is 0 Å². The third-order valence-corrected chi connectivity index (χ3v) is 3.79. The van der Waals surface area contributed by atoms with E-state index in [-0.39, 0.29) is 5.91 Å². The van der Waals surface area contributed by atoms with Gasteiger partial charge < -0.3 is 20.1 Å². The van der Waals surface area contributed by atoms with Crippen molar-refractivity contribution < 1.29 is 14.3 Å². The molecule has 2 aromatic rings. The first-order valence-corrected chi connectivity index (χ1v) is 8.25. The Morgan fingerprint density at radius 1 is 0.958 bits per heavy atom. The van der Waals surface area contributed by atoms with E-state index in [0.29, 0.717) is 31.9 Å². The number of hydrogen-bond donors (Lipinski definition) is 2. The van der Waals surface area contributed by atoms with Gasteiger partial charge in [0.15, 0.2) is 11.5 Å². The second-order valence-corrected chi connectivity index (χ2v) is 5.64. The molecule has 5 nitrogen and oxygen atoms in total. The lowest BCUT2D eigenvalue weighted by atomic mass is 10.1. The smallest absolute Gasteiger partial charge is 0.225 e. The summed E-state index contributed by atoms with van der Waals surface area (Å²) in [5.41, 5.74) is 2.03. The first kappa shape index (κ1) is 16.3. The van der Waals surface area contributed by atoms with Gasteiger partial charge in [-0.2, -0.15) is 0 Å². The van der Waals surface area contributed by atoms with Crippen LogP contribution in [0.4, 0.5) is 5.69 Å². The molecule has 2 aromatic carbocycles. The van der Waals surface area contributed by atoms with E-state index in [4.69, 9.17) is 9.47 Å². The van der Waals surface area contributed by atoms with Crippen LogP contribution in [0.5, 0.6) is 11.5 Å². The highest BCUT2D eigenvalue weighted by molar-refractivity contribution is 5.91. The Hall–Kier alpha value is -2.53. The maximum atomic E-state index is 12.0. The Morgan fingerprint density at radius 3 is 2.58 bits per heavy atom. The lowest BCUT2D eigenvalue weighted by molar-refractivity contribution is -0.116. The highest BCUT2D eigenvalue weighted by Crippen LogP contribution is 2.32. The molecular weight excluding hydrogens is 304 g/mol. The Bertz CT molecular complexity index is 674. The zero-order valence-corrected chi connectivity index (χ0v) is 13.6. The van der Waals surface area contributed by atoms with E-state index >= 15 is 0 Å². The van der Waals surface area contributed by atoms with Crippen LogP contribution in [-0.2, 0) is 11.2 Å². The van der Waals surface area contributed by atoms with Gasteiger partial charge in [-0.25, -0.2) is 0 Å². The van der Waals surface area contributed by atoms with Gasteiger partial charge in [-0.3, -0.25) is 4.79 Å². The number of carbonyl (C=O) groups is 1. The molecule has 1 aliphatic heterocycles. The molecule has 2 N–H and O–H groups in total. The van der Waals surface area contributed by atoms with Crippen LogP contribution < -0.4 is 20.1 Å². The maximum Gasteiger partial charge on any atom is 0.225 e. The zero-order valence-electron chi connectivity index (χ0n) is 13.6. The minimum atomic E-state index is -0.0149. The summed E-state index contributed by atoms with van der Waals surface area (Å²) >= 11 is 0. The molecule has 0 spiro atoms. The predicted octanol–water partition coefficient (Wildman–Crippen LogP) is 2.62. The fourth-order valence-electron chi connectivity index (χ4n) is 2.55. The molecule has 0 aromatic heterocycles. The fourth-order valence-corrected chi connectivity index (χ4v) is 2.55. The molecule has 1 amide bonds. The molecule has 0 aliphatic carbocycles. The third-order valence-electron chi connectivity index (χ3n) is 3.79. The number of anilines is 1. The monoisotopic (exact) mass is 326 g/mol. The summed E-state index contributed by atoms with van der Waals surface area (Å²) in [5, 5.41) is 6.18. The van der Waals surface area contributed by atoms with Crippen LogP contribution >= 0.6 is 0 Å². The van der Waals surface area contributed by atoms with E-state index in [2.05, 4.69) is 22.8 Å². The predicted molar refractivity (Wildman–Crippen MR) is 93.7 cm³/mol. The standard InChI is InChI=1S/C19H22N2O3/c22-19(9-11-20-10-8-15-4-2-1-3-5-15)21-16-6-7-17-18(14-16)24-13-12-23-17/h1-7,14,20H,8-13H2,(H,21,22). The van der Waals surface area contributed by atoms with Gasteiger partial charge in [-0.15, -0.1) is 0 Å². The van der Waals surface area contributed by atoms with Crippen molar-refractivity contribution in [3.8, 4) is 11.5 Å². The SMILES string of the molecule is O=C(CCNCCc1ccccc1)Nc1ccc2c(c1)OCCO2. The van der Waals surface area contributed by atoms with Gasteiger partial charge in [0, 0.05) is 24.7 Å². The van der Waals surface area contributed by atoms with Gasteiger partial charge in [0.05, 0.1) is 0 Å². The largest absolute Gasteiger partial charge is 0.486 e. The van der Waals surface area contributed by atoms with Crippen molar-refractivity contribution in [3.63, 3.8) is 0 Å². The summed E-state index contributed by atoms with van der Waals surface area (Å²) in [6, 6.07) is 15.8. The molecule has 0 radical (unpaired) electrons. The molecule has 1 aliphatic rings. The Morgan fingerprint density at radius 2 is 1.75 bits per heavy atom. The van der Waals surface area contributed by atoms with Crippen LogP contribution in [0.3, 0.4) is 0 Å². The first-order valence-electron chi connectivity index (χ1n) is 8.25. The molecule has 0 atom stereocenters. The maximum absolute atomic E-state index is 12.0. The number of fused-ring (bicyclic) bond motifs is 1. The van der Waals surface area contributed by atoms with Crippen molar-refractivity contribution >= 4 is 11.6 Å². The molecular formula is C19H22N2O3. The number of rotatable bonds is 7. The van der Waals surface area contributed by atoms with E-state index in [9.17, 15) is 4.79 Å². The minimum absolute atomic E-state index is 0.0149. The van der Waals surface area contributed by atoms with Crippen LogP contribution in [0.15, 0.2) is 48.5 Å². The summed E-state index contributed by atoms with van der Waals surface area (Å²) in [5.74, 6) is 1.39. The summed E-state index contributed by atoms with van der Waals surface area (Å²) in [6.07, 6.45) is 1.40. The molecule has 0 saturated heterocycles. The Labute approximate surface area is 142 Å². The van der Waals surface area contributed by atoms with Crippen molar-refractivity contribution in [1.82, 2.24) is 5.32 Å². The normalized spacial score (nSPS) is 12.7. The topological polar surface area (TPSA) is 59.6 Å². The quantitative estimate of drug-likeness (QED) is 0.768. The van der Waals surface area contributed by atoms with Crippen LogP contribution in [0.2, 0.25) is 0 Å². The van der Waals surface area contributed by atoms with Crippen LogP contribution in [0.1, 0.15) is 12.0 Å². The highest BCUT2D eigenvalue weighted by atomic mass is 16.6. The summed E-state index contributed by atoms with van der Waals surface area (Å²) in [7, 11) is 0. The Kier molecular flexibility index (Phi) is 5.69. The lowest BCUT2D eigenvalue weighted by Gasteiger charge is -2.19. The second kappa shape index (κ2) is 8.36. The molecule has 1 heterocycles. The fraction of sp³-hybridized carbons (Fsp3) is 0.316. The average Bonchev–Trinajstić information content (AvgIpc) is 2.62. The molecule has 0 bridgehead atoms. The molecule has 24 heavy (non-hydrogen) atoms. The molecule has 0 unspecified atom stereocenters. The van der Waals surface area contributed by atoms with Gasteiger partial charge in [-0.1, -0.05) is 30.3 Å². The first-order chi connectivity index (χ1) is 11.8. The zero-order chi connectivity index (χ0) is 16.6. The van der Waals surface area contributed by atoms with Gasteiger partial charge >= 0.3 is 0 Å². The van der Waals surface area contributed by atoms with Gasteiger partial charge in [0.25, 0.3) is 0 Å². The number of benzene rings is 2. The summed E-state index contributed by atoms with van der Waals surface area (Å²) in [6.45, 7) is 2.62. The number of nitrogens with one attached hydrogen (secondary N) is 2. The van der Waals surface area contributed by atoms with Gasteiger partial charge in [0.1, 0.15) is 13.2 Å². The van der Waals surface area contributed by atoms with Crippen molar-refractivity contribution in [2.75, 3.05) is 31.6 Å². The lowest BCUT2D eigenvalue weighted by Crippen LogP contribution is -2.23. The molecule has 126 valence electrons. The van der Waals surface area contributed by atoms with Crippen molar-refractivity contribution in [3.05, 3.63) is 54.1 Å². The molecule has 3 rings (SSSR count). The number of amides is 1. The van der Waals surface area contributed by atoms with Crippen LogP contribution in [-0.4, -0.2) is 32.2 Å². The molecule has 0 saturated carbocycles. The van der Waals surface area contributed by atoms with E-state index in [1.807, 2.05) is 30.3 Å². The van der Waals surface area contributed by atoms with Crippen molar-refractivity contribution in [1.29, 1.82) is 0 Å². The van der Waals surface area contributed by atoms with Crippen molar-refractivity contribution in [2.45, 2.75) is 12.8 Å². The van der Waals surface area contributed by atoms with Gasteiger partial charge in [0.2, 0.25) is 5.91 Å². The average molecular weight is 326 g/mol. The summed E-state index contributed by atoms with van der Waals surface area (Å²) < 4.78 is 11.0. The highest BCUT2D eigenvalue weighted by Gasteiger charge is 2.12. The van der Waals surface area contributed by atoms with E-state index in [0.717, 1.165) is 24.4 Å². The third kappa shape index (κ3) is 4.73. The molecule has 5 heteroatoms. The molecule has 0 fully saturated rings. The Balaban J connectivity index is 1.37. The van der Waals surface area contributed by atoms with E-state index < -0.39 is 0 Å². The van der Waals surface area contributed by atoms with Crippen LogP contribution in [0, 0.1) is 0 Å². The van der Waals surface area contributed by atoms with Gasteiger partial charge in [-0.05, 0) is 30.7 Å². The number of carbonyl (C=O) groups excluding carboxylic acids is 1. The number of ether oxygens (including phenoxy) is 2. The summed E-state index contributed by atoms with van der Waals surface area (Å²) in [4.78, 5) is 12.0. The van der Waals surface area contributed by atoms with E-state index in [1.165, 1.54) is 5.56 Å². The minimum Gasteiger partial charge on any atom is -0.486 e. The second-order valence-electron chi connectivity index (χ2n) is 5.64. The van der Waals surface area contributed by atoms with Crippen LogP contribution in [0.25, 0.3) is 0 Å².